The summed E-state index contributed by atoms with van der Waals surface area (Å²) in [7, 11) is 0. The number of carbonyl (C=O) groups excluding carboxylic acids is 1. The summed E-state index contributed by atoms with van der Waals surface area (Å²) in [5.74, 6) is 0.498. The summed E-state index contributed by atoms with van der Waals surface area (Å²) in [5, 5.41) is 0. The highest BCUT2D eigenvalue weighted by atomic mass is 16.2. The van der Waals surface area contributed by atoms with E-state index < -0.39 is 0 Å². The number of hydrogen-bond donors (Lipinski definition) is 0. The lowest BCUT2D eigenvalue weighted by Crippen LogP contribution is -2.38. The number of rotatable bonds is 1. The number of carbonyl (C=O) groups is 1. The zero-order chi connectivity index (χ0) is 12.5. The van der Waals surface area contributed by atoms with Gasteiger partial charge in [0.2, 0.25) is 5.91 Å². The van der Waals surface area contributed by atoms with Gasteiger partial charge in [0.15, 0.2) is 0 Å². The van der Waals surface area contributed by atoms with Crippen molar-refractivity contribution in [3.63, 3.8) is 0 Å². The fraction of sp³-hybridized carbons (Fsp3) is 0.533. The molecule has 1 heterocycles. The van der Waals surface area contributed by atoms with Gasteiger partial charge in [-0.15, -0.1) is 0 Å². The molecule has 1 amide bonds. The molecule has 2 nitrogen and oxygen atoms in total. The Kier molecular flexibility index (Phi) is 6.38. The average molecular weight is 233 g/mol. The number of nitrogens with zero attached hydrogens (tertiary/aromatic N) is 1. The second kappa shape index (κ2) is 7.88. The molecule has 0 atom stereocenters. The Morgan fingerprint density at radius 1 is 0.882 bits per heavy atom. The molecule has 0 spiro atoms. The van der Waals surface area contributed by atoms with E-state index in [2.05, 4.69) is 0 Å². The first-order valence-electron chi connectivity index (χ1n) is 6.50. The Morgan fingerprint density at radius 3 is 1.65 bits per heavy atom. The molecule has 1 aromatic carbocycles. The van der Waals surface area contributed by atoms with E-state index in [-0.39, 0.29) is 5.92 Å². The summed E-state index contributed by atoms with van der Waals surface area (Å²) in [6, 6.07) is 12.0. The first kappa shape index (κ1) is 13.8. The van der Waals surface area contributed by atoms with Crippen LogP contribution in [-0.2, 0) is 4.79 Å². The van der Waals surface area contributed by atoms with E-state index in [1.807, 2.05) is 55.1 Å². The van der Waals surface area contributed by atoms with Crippen LogP contribution in [0, 0.1) is 5.92 Å². The van der Waals surface area contributed by atoms with Crippen LogP contribution in [0.25, 0.3) is 0 Å². The monoisotopic (exact) mass is 233 g/mol. The van der Waals surface area contributed by atoms with Gasteiger partial charge in [-0.1, -0.05) is 50.2 Å². The average Bonchev–Trinajstić information content (AvgIpc) is 2.41. The molecule has 0 saturated carbocycles. The van der Waals surface area contributed by atoms with Crippen LogP contribution in [0.1, 0.15) is 33.1 Å². The number of amides is 1. The molecule has 2 heteroatoms. The smallest absolute Gasteiger partial charge is 0.225 e. The molecule has 94 valence electrons. The van der Waals surface area contributed by atoms with E-state index in [1.165, 1.54) is 19.3 Å². The zero-order valence-electron chi connectivity index (χ0n) is 10.9. The first-order valence-corrected chi connectivity index (χ1v) is 6.50. The standard InChI is InChI=1S/C9H17NO.C6H6/c1-8(2)9(11)10-6-4-3-5-7-10;1-2-4-6-5-3-1/h8H,3-7H2,1-2H3;1-6H. The lowest BCUT2D eigenvalue weighted by molar-refractivity contribution is -0.135. The van der Waals surface area contributed by atoms with Gasteiger partial charge >= 0.3 is 0 Å². The Bertz CT molecular complexity index is 275. The Labute approximate surface area is 105 Å². The van der Waals surface area contributed by atoms with E-state index >= 15 is 0 Å². The fourth-order valence-electron chi connectivity index (χ4n) is 1.86. The third-order valence-electron chi connectivity index (χ3n) is 2.83. The van der Waals surface area contributed by atoms with Gasteiger partial charge < -0.3 is 4.90 Å². The predicted molar refractivity (Wildman–Crippen MR) is 71.7 cm³/mol. The molecule has 1 fully saturated rings. The largest absolute Gasteiger partial charge is 0.342 e. The summed E-state index contributed by atoms with van der Waals surface area (Å²) in [6.45, 7) is 5.90. The Balaban J connectivity index is 0.000000202. The minimum absolute atomic E-state index is 0.174. The summed E-state index contributed by atoms with van der Waals surface area (Å²) in [4.78, 5) is 13.4. The van der Waals surface area contributed by atoms with Gasteiger partial charge in [0.25, 0.3) is 0 Å². The molecule has 0 unspecified atom stereocenters. The van der Waals surface area contributed by atoms with Crippen molar-refractivity contribution in [1.82, 2.24) is 4.90 Å². The summed E-state index contributed by atoms with van der Waals surface area (Å²) < 4.78 is 0. The molecule has 0 aromatic heterocycles. The quantitative estimate of drug-likeness (QED) is 0.728. The van der Waals surface area contributed by atoms with Crippen molar-refractivity contribution in [2.45, 2.75) is 33.1 Å². The molecule has 0 N–H and O–H groups in total. The maximum absolute atomic E-state index is 11.4. The zero-order valence-corrected chi connectivity index (χ0v) is 10.9. The van der Waals surface area contributed by atoms with Crippen LogP contribution >= 0.6 is 0 Å². The topological polar surface area (TPSA) is 20.3 Å². The van der Waals surface area contributed by atoms with E-state index in [4.69, 9.17) is 0 Å². The maximum atomic E-state index is 11.4. The van der Waals surface area contributed by atoms with Gasteiger partial charge in [0.05, 0.1) is 0 Å². The highest BCUT2D eigenvalue weighted by molar-refractivity contribution is 5.78. The molecule has 0 bridgehead atoms. The number of benzene rings is 1. The second-order valence-electron chi connectivity index (χ2n) is 4.70. The number of likely N-dealkylation sites (tertiary alicyclic amines) is 1. The third-order valence-corrected chi connectivity index (χ3v) is 2.83. The molecule has 0 aliphatic carbocycles. The van der Waals surface area contributed by atoms with Gasteiger partial charge in [-0.05, 0) is 19.3 Å². The first-order chi connectivity index (χ1) is 8.22. The van der Waals surface area contributed by atoms with Crippen LogP contribution < -0.4 is 0 Å². The summed E-state index contributed by atoms with van der Waals surface area (Å²) >= 11 is 0. The molecule has 1 saturated heterocycles. The van der Waals surface area contributed by atoms with Crippen molar-refractivity contribution in [3.05, 3.63) is 36.4 Å². The van der Waals surface area contributed by atoms with Crippen molar-refractivity contribution in [3.8, 4) is 0 Å². The molecular weight excluding hydrogens is 210 g/mol. The van der Waals surface area contributed by atoms with E-state index in [0.29, 0.717) is 5.91 Å². The third kappa shape index (κ3) is 5.53. The lowest BCUT2D eigenvalue weighted by Gasteiger charge is -2.28. The Morgan fingerprint density at radius 2 is 1.29 bits per heavy atom. The van der Waals surface area contributed by atoms with Gasteiger partial charge in [0.1, 0.15) is 0 Å². The Hall–Kier alpha value is -1.31. The fourth-order valence-corrected chi connectivity index (χ4v) is 1.86. The van der Waals surface area contributed by atoms with Crippen molar-refractivity contribution < 1.29 is 4.79 Å². The lowest BCUT2D eigenvalue weighted by atomic mass is 10.1. The van der Waals surface area contributed by atoms with Gasteiger partial charge in [0, 0.05) is 19.0 Å². The van der Waals surface area contributed by atoms with Gasteiger partial charge in [-0.3, -0.25) is 4.79 Å². The number of piperidine rings is 1. The van der Waals surface area contributed by atoms with Crippen molar-refractivity contribution in [1.29, 1.82) is 0 Å². The normalized spacial score (nSPS) is 15.1. The van der Waals surface area contributed by atoms with Crippen LogP contribution in [0.2, 0.25) is 0 Å². The highest BCUT2D eigenvalue weighted by Crippen LogP contribution is 2.11. The molecule has 1 aromatic rings. The molecule has 17 heavy (non-hydrogen) atoms. The van der Waals surface area contributed by atoms with Crippen LogP contribution in [0.4, 0.5) is 0 Å². The summed E-state index contributed by atoms with van der Waals surface area (Å²) in [5.41, 5.74) is 0. The van der Waals surface area contributed by atoms with Crippen LogP contribution in [0.15, 0.2) is 36.4 Å². The molecule has 0 radical (unpaired) electrons. The van der Waals surface area contributed by atoms with Gasteiger partial charge in [-0.2, -0.15) is 0 Å². The van der Waals surface area contributed by atoms with Crippen molar-refractivity contribution in [2.75, 3.05) is 13.1 Å². The minimum Gasteiger partial charge on any atom is -0.342 e. The van der Waals surface area contributed by atoms with E-state index in [9.17, 15) is 4.79 Å². The highest BCUT2D eigenvalue weighted by Gasteiger charge is 2.18. The molecule has 2 rings (SSSR count). The number of hydrogen-bond acceptors (Lipinski definition) is 1. The molecule has 1 aliphatic rings. The SMILES string of the molecule is CC(C)C(=O)N1CCCCC1.c1ccccc1. The maximum Gasteiger partial charge on any atom is 0.225 e. The van der Waals surface area contributed by atoms with Gasteiger partial charge in [-0.25, -0.2) is 0 Å². The minimum atomic E-state index is 0.174. The molecular formula is C15H23NO. The van der Waals surface area contributed by atoms with Crippen LogP contribution in [0.3, 0.4) is 0 Å². The van der Waals surface area contributed by atoms with Crippen molar-refractivity contribution in [2.24, 2.45) is 5.92 Å². The molecule has 1 aliphatic heterocycles. The van der Waals surface area contributed by atoms with E-state index in [0.717, 1.165) is 13.1 Å². The van der Waals surface area contributed by atoms with Crippen molar-refractivity contribution >= 4 is 5.91 Å². The second-order valence-corrected chi connectivity index (χ2v) is 4.70. The van der Waals surface area contributed by atoms with Crippen LogP contribution in [0.5, 0.6) is 0 Å². The predicted octanol–water partition coefficient (Wildman–Crippen LogP) is 3.34. The van der Waals surface area contributed by atoms with Crippen LogP contribution in [-0.4, -0.2) is 23.9 Å². The summed E-state index contributed by atoms with van der Waals surface area (Å²) in [6.07, 6.45) is 3.68. The van der Waals surface area contributed by atoms with E-state index in [1.54, 1.807) is 0 Å².